The Labute approximate surface area is 122 Å². The monoisotopic (exact) mass is 287 g/mol. The molecule has 0 aliphatic rings. The third-order valence-corrected chi connectivity index (χ3v) is 3.22. The Hall–Kier alpha value is -2.47. The molecule has 1 N–H and O–H groups in total. The summed E-state index contributed by atoms with van der Waals surface area (Å²) in [5.41, 5.74) is 1.79. The van der Waals surface area contributed by atoms with Gasteiger partial charge in [-0.1, -0.05) is 24.3 Å². The summed E-state index contributed by atoms with van der Waals surface area (Å²) in [4.78, 5) is 14.8. The zero-order valence-electron chi connectivity index (χ0n) is 11.9. The predicted octanol–water partition coefficient (Wildman–Crippen LogP) is 2.85. The molecule has 21 heavy (non-hydrogen) atoms. The molecule has 110 valence electrons. The van der Waals surface area contributed by atoms with E-state index in [1.165, 1.54) is 6.07 Å². The molecular weight excluding hydrogens is 270 g/mol. The van der Waals surface area contributed by atoms with Gasteiger partial charge >= 0.3 is 0 Å². The molecule has 0 bridgehead atoms. The minimum Gasteiger partial charge on any atom is -0.481 e. The molecule has 2 aromatic rings. The van der Waals surface area contributed by atoms with Crippen molar-refractivity contribution in [2.45, 2.75) is 19.5 Å². The van der Waals surface area contributed by atoms with Gasteiger partial charge in [0, 0.05) is 36.5 Å². The first-order chi connectivity index (χ1) is 10.1. The lowest BCUT2D eigenvalue weighted by molar-refractivity contribution is -0.385. The van der Waals surface area contributed by atoms with Crippen LogP contribution in [0.5, 0.6) is 5.88 Å². The van der Waals surface area contributed by atoms with E-state index in [9.17, 15) is 10.1 Å². The molecule has 0 radical (unpaired) electrons. The van der Waals surface area contributed by atoms with Crippen LogP contribution in [0.4, 0.5) is 5.69 Å². The van der Waals surface area contributed by atoms with Gasteiger partial charge in [-0.2, -0.15) is 0 Å². The highest BCUT2D eigenvalue weighted by atomic mass is 16.6. The Balaban J connectivity index is 2.04. The SMILES string of the molecule is COc1ccc(CNC(C)c2ccccc2[N+](=O)[O-])cn1. The number of hydrogen-bond donors (Lipinski definition) is 1. The summed E-state index contributed by atoms with van der Waals surface area (Å²) in [6, 6.07) is 10.3. The highest BCUT2D eigenvalue weighted by Crippen LogP contribution is 2.24. The van der Waals surface area contributed by atoms with Crippen LogP contribution in [0.25, 0.3) is 0 Å². The predicted molar refractivity (Wildman–Crippen MR) is 79.1 cm³/mol. The normalized spacial score (nSPS) is 11.9. The van der Waals surface area contributed by atoms with E-state index in [1.54, 1.807) is 37.6 Å². The van der Waals surface area contributed by atoms with Crippen molar-refractivity contribution in [3.8, 4) is 5.88 Å². The minimum atomic E-state index is -0.359. The molecule has 1 aromatic carbocycles. The van der Waals surface area contributed by atoms with Crippen molar-refractivity contribution in [1.82, 2.24) is 10.3 Å². The number of aromatic nitrogens is 1. The smallest absolute Gasteiger partial charge is 0.274 e. The lowest BCUT2D eigenvalue weighted by Crippen LogP contribution is -2.19. The maximum Gasteiger partial charge on any atom is 0.274 e. The minimum absolute atomic E-state index is 0.130. The molecule has 0 saturated carbocycles. The average Bonchev–Trinajstić information content (AvgIpc) is 2.53. The Kier molecular flexibility index (Phi) is 4.84. The third-order valence-electron chi connectivity index (χ3n) is 3.22. The van der Waals surface area contributed by atoms with Gasteiger partial charge < -0.3 is 10.1 Å². The van der Waals surface area contributed by atoms with Crippen LogP contribution in [-0.2, 0) is 6.54 Å². The number of methoxy groups -OCH3 is 1. The fraction of sp³-hybridized carbons (Fsp3) is 0.267. The van der Waals surface area contributed by atoms with Crippen molar-refractivity contribution in [1.29, 1.82) is 0 Å². The summed E-state index contributed by atoms with van der Waals surface area (Å²) in [5.74, 6) is 0.561. The zero-order valence-corrected chi connectivity index (χ0v) is 11.9. The largest absolute Gasteiger partial charge is 0.481 e. The molecule has 0 amide bonds. The van der Waals surface area contributed by atoms with Crippen LogP contribution in [0.15, 0.2) is 42.6 Å². The zero-order chi connectivity index (χ0) is 15.2. The van der Waals surface area contributed by atoms with Crippen LogP contribution in [0.2, 0.25) is 0 Å². The summed E-state index contributed by atoms with van der Waals surface area (Å²) in [6.45, 7) is 2.48. The standard InChI is InChI=1S/C15H17N3O3/c1-11(13-5-3-4-6-14(13)18(19)20)16-9-12-7-8-15(21-2)17-10-12/h3-8,10-11,16H,9H2,1-2H3. The van der Waals surface area contributed by atoms with Crippen molar-refractivity contribution >= 4 is 5.69 Å². The van der Waals surface area contributed by atoms with Crippen molar-refractivity contribution in [3.63, 3.8) is 0 Å². The topological polar surface area (TPSA) is 77.3 Å². The van der Waals surface area contributed by atoms with E-state index >= 15 is 0 Å². The number of ether oxygens (including phenoxy) is 1. The van der Waals surface area contributed by atoms with Gasteiger partial charge in [0.25, 0.3) is 5.69 Å². The van der Waals surface area contributed by atoms with E-state index in [0.29, 0.717) is 18.0 Å². The number of nitrogens with zero attached hydrogens (tertiary/aromatic N) is 2. The molecule has 0 aliphatic carbocycles. The van der Waals surface area contributed by atoms with Crippen LogP contribution >= 0.6 is 0 Å². The maximum absolute atomic E-state index is 11.0. The molecule has 1 heterocycles. The second-order valence-electron chi connectivity index (χ2n) is 4.63. The lowest BCUT2D eigenvalue weighted by Gasteiger charge is -2.14. The second-order valence-corrected chi connectivity index (χ2v) is 4.63. The van der Waals surface area contributed by atoms with Crippen molar-refractivity contribution < 1.29 is 9.66 Å². The van der Waals surface area contributed by atoms with E-state index in [4.69, 9.17) is 4.74 Å². The quantitative estimate of drug-likeness (QED) is 0.653. The van der Waals surface area contributed by atoms with Gasteiger partial charge in [-0.05, 0) is 12.5 Å². The lowest BCUT2D eigenvalue weighted by atomic mass is 10.1. The summed E-state index contributed by atoms with van der Waals surface area (Å²) in [5, 5.41) is 14.3. The maximum atomic E-state index is 11.0. The number of nitrogens with one attached hydrogen (secondary N) is 1. The highest BCUT2D eigenvalue weighted by molar-refractivity contribution is 5.41. The van der Waals surface area contributed by atoms with Gasteiger partial charge in [-0.15, -0.1) is 0 Å². The van der Waals surface area contributed by atoms with Gasteiger partial charge in [-0.3, -0.25) is 10.1 Å². The first-order valence-corrected chi connectivity index (χ1v) is 6.57. The van der Waals surface area contributed by atoms with Crippen LogP contribution in [-0.4, -0.2) is 17.0 Å². The Bertz CT molecular complexity index is 614. The van der Waals surface area contributed by atoms with Crippen LogP contribution in [0.3, 0.4) is 0 Å². The number of benzene rings is 1. The Morgan fingerprint density at radius 2 is 2.10 bits per heavy atom. The summed E-state index contributed by atoms with van der Waals surface area (Å²) in [6.07, 6.45) is 1.72. The Morgan fingerprint density at radius 3 is 2.71 bits per heavy atom. The molecule has 0 aliphatic heterocycles. The molecule has 2 rings (SSSR count). The fourth-order valence-corrected chi connectivity index (χ4v) is 2.04. The third kappa shape index (κ3) is 3.76. The van der Waals surface area contributed by atoms with Gasteiger partial charge in [0.15, 0.2) is 0 Å². The molecule has 1 aromatic heterocycles. The number of hydrogen-bond acceptors (Lipinski definition) is 5. The average molecular weight is 287 g/mol. The number of pyridine rings is 1. The van der Waals surface area contributed by atoms with Crippen molar-refractivity contribution in [2.24, 2.45) is 0 Å². The number of nitro benzene ring substituents is 1. The summed E-state index contributed by atoms with van der Waals surface area (Å²) in [7, 11) is 1.57. The molecule has 0 saturated heterocycles. The van der Waals surface area contributed by atoms with Crippen LogP contribution < -0.4 is 10.1 Å². The number of nitro groups is 1. The first-order valence-electron chi connectivity index (χ1n) is 6.57. The molecule has 6 heteroatoms. The molecular formula is C15H17N3O3. The first kappa shape index (κ1) is 14.9. The second kappa shape index (κ2) is 6.81. The van der Waals surface area contributed by atoms with E-state index in [1.807, 2.05) is 13.0 Å². The summed E-state index contributed by atoms with van der Waals surface area (Å²) < 4.78 is 5.00. The molecule has 1 atom stereocenters. The molecule has 0 spiro atoms. The molecule has 6 nitrogen and oxygen atoms in total. The van der Waals surface area contributed by atoms with Gasteiger partial charge in [0.2, 0.25) is 5.88 Å². The van der Waals surface area contributed by atoms with Crippen molar-refractivity contribution in [2.75, 3.05) is 7.11 Å². The molecule has 0 fully saturated rings. The van der Waals surface area contributed by atoms with E-state index < -0.39 is 0 Å². The summed E-state index contributed by atoms with van der Waals surface area (Å²) >= 11 is 0. The fourth-order valence-electron chi connectivity index (χ4n) is 2.04. The van der Waals surface area contributed by atoms with E-state index in [0.717, 1.165) is 5.56 Å². The van der Waals surface area contributed by atoms with Crippen molar-refractivity contribution in [3.05, 3.63) is 63.8 Å². The van der Waals surface area contributed by atoms with E-state index in [-0.39, 0.29) is 16.7 Å². The highest BCUT2D eigenvalue weighted by Gasteiger charge is 2.17. The number of rotatable bonds is 6. The van der Waals surface area contributed by atoms with Gasteiger partial charge in [0.05, 0.1) is 12.0 Å². The van der Waals surface area contributed by atoms with E-state index in [2.05, 4.69) is 10.3 Å². The Morgan fingerprint density at radius 1 is 1.33 bits per heavy atom. The van der Waals surface area contributed by atoms with Gasteiger partial charge in [0.1, 0.15) is 0 Å². The van der Waals surface area contributed by atoms with Crippen LogP contribution in [0, 0.1) is 10.1 Å². The van der Waals surface area contributed by atoms with Crippen LogP contribution in [0.1, 0.15) is 24.1 Å². The number of para-hydroxylation sites is 1. The van der Waals surface area contributed by atoms with Gasteiger partial charge in [-0.25, -0.2) is 4.98 Å². The molecule has 1 unspecified atom stereocenters.